The molecule has 5 heteroatoms. The molecule has 5 rings (SSSR count). The lowest BCUT2D eigenvalue weighted by Gasteiger charge is -2.29. The molecule has 4 aromatic rings. The zero-order chi connectivity index (χ0) is 19.8. The van der Waals surface area contributed by atoms with Crippen molar-refractivity contribution in [2.24, 2.45) is 0 Å². The minimum atomic E-state index is 0.0888. The molecule has 1 aliphatic rings. The van der Waals surface area contributed by atoms with Crippen molar-refractivity contribution in [2.45, 2.75) is 13.0 Å². The molecule has 0 atom stereocenters. The summed E-state index contributed by atoms with van der Waals surface area (Å²) in [5.41, 5.74) is 6.27. The lowest BCUT2D eigenvalue weighted by atomic mass is 9.93. The van der Waals surface area contributed by atoms with Crippen molar-refractivity contribution in [1.29, 1.82) is 0 Å². The Bertz CT molecular complexity index is 1210. The van der Waals surface area contributed by atoms with E-state index in [2.05, 4.69) is 28.4 Å². The summed E-state index contributed by atoms with van der Waals surface area (Å²) in [6, 6.07) is 20.3. The molecule has 3 aromatic carbocycles. The molecule has 5 nitrogen and oxygen atoms in total. The summed E-state index contributed by atoms with van der Waals surface area (Å²) in [6.45, 7) is 1.31. The number of nitrogens with one attached hydrogen (secondary N) is 1. The van der Waals surface area contributed by atoms with Gasteiger partial charge in [-0.3, -0.25) is 9.89 Å². The van der Waals surface area contributed by atoms with Crippen LogP contribution in [-0.4, -0.2) is 34.7 Å². The highest BCUT2D eigenvalue weighted by molar-refractivity contribution is 5.97. The fourth-order valence-corrected chi connectivity index (χ4v) is 3.98. The number of amides is 1. The van der Waals surface area contributed by atoms with Gasteiger partial charge in [0.2, 0.25) is 0 Å². The first-order chi connectivity index (χ1) is 14.2. The number of aromatic amines is 1. The number of methoxy groups -OCH3 is 1. The summed E-state index contributed by atoms with van der Waals surface area (Å²) in [4.78, 5) is 15.0. The maximum Gasteiger partial charge on any atom is 0.254 e. The molecule has 0 bridgehead atoms. The highest BCUT2D eigenvalue weighted by atomic mass is 16.5. The minimum Gasteiger partial charge on any atom is -0.497 e. The van der Waals surface area contributed by atoms with E-state index in [-0.39, 0.29) is 5.91 Å². The van der Waals surface area contributed by atoms with Gasteiger partial charge in [-0.2, -0.15) is 5.10 Å². The third-order valence-electron chi connectivity index (χ3n) is 5.56. The second kappa shape index (κ2) is 7.09. The Morgan fingerprint density at radius 1 is 1.07 bits per heavy atom. The zero-order valence-corrected chi connectivity index (χ0v) is 16.2. The quantitative estimate of drug-likeness (QED) is 0.567. The van der Waals surface area contributed by atoms with E-state index in [0.29, 0.717) is 13.1 Å². The van der Waals surface area contributed by atoms with E-state index in [0.717, 1.165) is 50.9 Å². The number of aromatic nitrogens is 2. The maximum atomic E-state index is 13.0. The van der Waals surface area contributed by atoms with Gasteiger partial charge < -0.3 is 9.64 Å². The van der Waals surface area contributed by atoms with Crippen molar-refractivity contribution in [1.82, 2.24) is 15.1 Å². The predicted octanol–water partition coefficient (Wildman–Crippen LogP) is 4.44. The SMILES string of the molecule is COc1cccc(CN2CCc3cc(-c4ccc5[nH]ncc5c4)ccc3C2=O)c1. The number of ether oxygens (including phenoxy) is 1. The first kappa shape index (κ1) is 17.5. The number of benzene rings is 3. The van der Waals surface area contributed by atoms with Gasteiger partial charge in [0, 0.05) is 24.0 Å². The molecule has 0 saturated carbocycles. The molecule has 0 unspecified atom stereocenters. The molecule has 1 amide bonds. The summed E-state index contributed by atoms with van der Waals surface area (Å²) >= 11 is 0. The first-order valence-electron chi connectivity index (χ1n) is 9.70. The Morgan fingerprint density at radius 3 is 2.83 bits per heavy atom. The number of H-pyrrole nitrogens is 1. The Labute approximate surface area is 168 Å². The number of hydrogen-bond donors (Lipinski definition) is 1. The Hall–Kier alpha value is -3.60. The number of carbonyl (C=O) groups excluding carboxylic acids is 1. The van der Waals surface area contributed by atoms with Gasteiger partial charge in [-0.15, -0.1) is 0 Å². The lowest BCUT2D eigenvalue weighted by molar-refractivity contribution is 0.0727. The van der Waals surface area contributed by atoms with Crippen LogP contribution in [-0.2, 0) is 13.0 Å². The summed E-state index contributed by atoms with van der Waals surface area (Å²) in [5.74, 6) is 0.900. The Morgan fingerprint density at radius 2 is 1.93 bits per heavy atom. The molecule has 2 heterocycles. The molecule has 0 saturated heterocycles. The van der Waals surface area contributed by atoms with E-state index >= 15 is 0 Å². The summed E-state index contributed by atoms with van der Waals surface area (Å²) < 4.78 is 5.29. The summed E-state index contributed by atoms with van der Waals surface area (Å²) in [7, 11) is 1.66. The average Bonchev–Trinajstić information content (AvgIpc) is 3.23. The molecule has 0 spiro atoms. The molecule has 29 heavy (non-hydrogen) atoms. The molecule has 1 aliphatic heterocycles. The highest BCUT2D eigenvalue weighted by Crippen LogP contribution is 2.29. The molecular formula is C24H21N3O2. The van der Waals surface area contributed by atoms with Crippen molar-refractivity contribution in [3.8, 4) is 16.9 Å². The van der Waals surface area contributed by atoms with Crippen LogP contribution in [0.3, 0.4) is 0 Å². The summed E-state index contributed by atoms with van der Waals surface area (Å²) in [6.07, 6.45) is 2.68. The van der Waals surface area contributed by atoms with Crippen LogP contribution < -0.4 is 4.74 Å². The van der Waals surface area contributed by atoms with Gasteiger partial charge in [0.1, 0.15) is 5.75 Å². The summed E-state index contributed by atoms with van der Waals surface area (Å²) in [5, 5.41) is 8.15. The monoisotopic (exact) mass is 383 g/mol. The van der Waals surface area contributed by atoms with Crippen molar-refractivity contribution >= 4 is 16.8 Å². The number of hydrogen-bond acceptors (Lipinski definition) is 3. The Balaban J connectivity index is 1.40. The molecular weight excluding hydrogens is 362 g/mol. The number of rotatable bonds is 4. The second-order valence-corrected chi connectivity index (χ2v) is 7.37. The van der Waals surface area contributed by atoms with Gasteiger partial charge in [0.25, 0.3) is 5.91 Å². The minimum absolute atomic E-state index is 0.0888. The largest absolute Gasteiger partial charge is 0.497 e. The van der Waals surface area contributed by atoms with Crippen LogP contribution in [0, 0.1) is 0 Å². The van der Waals surface area contributed by atoms with Gasteiger partial charge in [0.05, 0.1) is 18.8 Å². The standard InChI is InChI=1S/C24H21N3O2/c1-29-21-4-2-3-16(11-21)15-27-10-9-19-12-17(5-7-22(19)24(27)28)18-6-8-23-20(13-18)14-25-26-23/h2-8,11-14H,9-10,15H2,1H3,(H,25,26). The van der Waals surface area contributed by atoms with Crippen molar-refractivity contribution < 1.29 is 9.53 Å². The van der Waals surface area contributed by atoms with Crippen molar-refractivity contribution in [2.75, 3.05) is 13.7 Å². The average molecular weight is 383 g/mol. The van der Waals surface area contributed by atoms with Crippen LogP contribution in [0.25, 0.3) is 22.0 Å². The predicted molar refractivity (Wildman–Crippen MR) is 113 cm³/mol. The maximum absolute atomic E-state index is 13.0. The molecule has 1 N–H and O–H groups in total. The Kier molecular flexibility index (Phi) is 4.28. The number of nitrogens with zero attached hydrogens (tertiary/aromatic N) is 2. The highest BCUT2D eigenvalue weighted by Gasteiger charge is 2.24. The number of fused-ring (bicyclic) bond motifs is 2. The fraction of sp³-hybridized carbons (Fsp3) is 0.167. The second-order valence-electron chi connectivity index (χ2n) is 7.37. The third-order valence-corrected chi connectivity index (χ3v) is 5.56. The molecule has 0 aliphatic carbocycles. The topological polar surface area (TPSA) is 58.2 Å². The van der Waals surface area contributed by atoms with E-state index in [9.17, 15) is 4.79 Å². The van der Waals surface area contributed by atoms with E-state index in [1.54, 1.807) is 7.11 Å². The normalized spacial score (nSPS) is 13.6. The van der Waals surface area contributed by atoms with Gasteiger partial charge in [0.15, 0.2) is 0 Å². The molecule has 144 valence electrons. The van der Waals surface area contributed by atoms with Crippen LogP contribution in [0.5, 0.6) is 5.75 Å². The third kappa shape index (κ3) is 3.25. The van der Waals surface area contributed by atoms with Crippen LogP contribution in [0.1, 0.15) is 21.5 Å². The fourth-order valence-electron chi connectivity index (χ4n) is 3.98. The zero-order valence-electron chi connectivity index (χ0n) is 16.2. The van der Waals surface area contributed by atoms with Gasteiger partial charge in [-0.1, -0.05) is 30.3 Å². The van der Waals surface area contributed by atoms with Gasteiger partial charge in [-0.25, -0.2) is 0 Å². The van der Waals surface area contributed by atoms with Gasteiger partial charge in [-0.05, 0) is 59.0 Å². The lowest BCUT2D eigenvalue weighted by Crippen LogP contribution is -2.37. The van der Waals surface area contributed by atoms with E-state index < -0.39 is 0 Å². The van der Waals surface area contributed by atoms with Crippen LogP contribution >= 0.6 is 0 Å². The first-order valence-corrected chi connectivity index (χ1v) is 9.70. The van der Waals surface area contributed by atoms with E-state index in [4.69, 9.17) is 4.74 Å². The smallest absolute Gasteiger partial charge is 0.254 e. The molecule has 0 fully saturated rings. The van der Waals surface area contributed by atoms with E-state index in [1.807, 2.05) is 53.6 Å². The van der Waals surface area contributed by atoms with Crippen molar-refractivity contribution in [3.63, 3.8) is 0 Å². The van der Waals surface area contributed by atoms with Crippen LogP contribution in [0.2, 0.25) is 0 Å². The van der Waals surface area contributed by atoms with Gasteiger partial charge >= 0.3 is 0 Å². The van der Waals surface area contributed by atoms with Crippen molar-refractivity contribution in [3.05, 3.63) is 83.6 Å². The van der Waals surface area contributed by atoms with Crippen LogP contribution in [0.15, 0.2) is 66.9 Å². The number of carbonyl (C=O) groups is 1. The van der Waals surface area contributed by atoms with Crippen LogP contribution in [0.4, 0.5) is 0 Å². The molecule has 0 radical (unpaired) electrons. The van der Waals surface area contributed by atoms with E-state index in [1.165, 1.54) is 0 Å². The molecule has 1 aromatic heterocycles.